The number of benzene rings is 1. The number of alkyl halides is 3. The fourth-order valence-electron chi connectivity index (χ4n) is 1.82. The van der Waals surface area contributed by atoms with E-state index >= 15 is 0 Å². The van der Waals surface area contributed by atoms with Crippen LogP contribution in [0.25, 0.3) is 0 Å². The molecule has 1 aromatic rings. The van der Waals surface area contributed by atoms with Crippen molar-refractivity contribution in [1.82, 2.24) is 5.32 Å². The molecule has 2 nitrogen and oxygen atoms in total. The highest BCUT2D eigenvalue weighted by Gasteiger charge is 2.26. The van der Waals surface area contributed by atoms with Crippen LogP contribution in [0.3, 0.4) is 0 Å². The Balaban J connectivity index is 1.80. The molecule has 2 rings (SSSR count). The number of hydrogen-bond donors (Lipinski definition) is 1. The Hall–Kier alpha value is -1.30. The van der Waals surface area contributed by atoms with Crippen LogP contribution >= 0.6 is 0 Å². The average molecular weight is 291 g/mol. The maximum atomic E-state index is 13.4. The second-order valence-corrected chi connectivity index (χ2v) is 5.02. The Kier molecular flexibility index (Phi) is 4.86. The van der Waals surface area contributed by atoms with Crippen LogP contribution in [0.15, 0.2) is 18.2 Å². The predicted octanol–water partition coefficient (Wildman–Crippen LogP) is 3.80. The highest BCUT2D eigenvalue weighted by atomic mass is 19.4. The summed E-state index contributed by atoms with van der Waals surface area (Å²) < 4.78 is 54.5. The number of nitrogens with one attached hydrogen (secondary N) is 1. The zero-order valence-corrected chi connectivity index (χ0v) is 11.0. The van der Waals surface area contributed by atoms with Crippen LogP contribution in [-0.2, 0) is 6.54 Å². The summed E-state index contributed by atoms with van der Waals surface area (Å²) in [5, 5.41) is 3.24. The van der Waals surface area contributed by atoms with Crippen LogP contribution in [0.5, 0.6) is 5.75 Å². The van der Waals surface area contributed by atoms with Crippen molar-refractivity contribution >= 4 is 0 Å². The second-order valence-electron chi connectivity index (χ2n) is 5.02. The molecule has 1 fully saturated rings. The molecule has 0 aromatic heterocycles. The minimum Gasteiger partial charge on any atom is -0.493 e. The molecule has 0 unspecified atom stereocenters. The molecule has 0 atom stereocenters. The first-order valence-corrected chi connectivity index (χ1v) is 6.65. The number of halogens is 4. The lowest BCUT2D eigenvalue weighted by molar-refractivity contribution is -0.136. The van der Waals surface area contributed by atoms with Crippen LogP contribution in [0, 0.1) is 5.82 Å². The predicted molar refractivity (Wildman–Crippen MR) is 67.0 cm³/mol. The monoisotopic (exact) mass is 291 g/mol. The Morgan fingerprint density at radius 2 is 1.95 bits per heavy atom. The molecule has 112 valence electrons. The van der Waals surface area contributed by atoms with Gasteiger partial charge in [-0.15, -0.1) is 0 Å². The molecule has 0 radical (unpaired) electrons. The van der Waals surface area contributed by atoms with Gasteiger partial charge in [0.25, 0.3) is 0 Å². The summed E-state index contributed by atoms with van der Waals surface area (Å²) in [6.07, 6.45) is -2.93. The van der Waals surface area contributed by atoms with E-state index in [1.54, 1.807) is 6.07 Å². The lowest BCUT2D eigenvalue weighted by atomic mass is 10.2. The van der Waals surface area contributed by atoms with Crippen molar-refractivity contribution in [2.75, 3.05) is 6.61 Å². The van der Waals surface area contributed by atoms with E-state index in [1.807, 2.05) is 0 Å². The number of hydrogen-bond acceptors (Lipinski definition) is 2. The second kappa shape index (κ2) is 6.43. The van der Waals surface area contributed by atoms with E-state index in [0.29, 0.717) is 12.6 Å². The third-order valence-corrected chi connectivity index (χ3v) is 2.98. The Morgan fingerprint density at radius 3 is 2.60 bits per heavy atom. The summed E-state index contributed by atoms with van der Waals surface area (Å²) in [6.45, 7) is 0.472. The van der Waals surface area contributed by atoms with E-state index < -0.39 is 18.4 Å². The molecule has 0 bridgehead atoms. The highest BCUT2D eigenvalue weighted by Crippen LogP contribution is 2.23. The molecular weight excluding hydrogens is 274 g/mol. The van der Waals surface area contributed by atoms with Crippen LogP contribution < -0.4 is 10.1 Å². The first-order chi connectivity index (χ1) is 9.42. The van der Waals surface area contributed by atoms with E-state index in [0.717, 1.165) is 18.4 Å². The standard InChI is InChI=1S/C14H17F4NO/c15-11-6-10(9-19-12-2-3-12)7-13(8-11)20-5-1-4-14(16,17)18/h6-8,12,19H,1-5,9H2. The molecular formula is C14H17F4NO. The van der Waals surface area contributed by atoms with Gasteiger partial charge in [-0.2, -0.15) is 13.2 Å². The fraction of sp³-hybridized carbons (Fsp3) is 0.571. The maximum absolute atomic E-state index is 13.4. The van der Waals surface area contributed by atoms with Crippen molar-refractivity contribution in [3.05, 3.63) is 29.6 Å². The third-order valence-electron chi connectivity index (χ3n) is 2.98. The van der Waals surface area contributed by atoms with E-state index in [-0.39, 0.29) is 18.8 Å². The van der Waals surface area contributed by atoms with Gasteiger partial charge in [-0.3, -0.25) is 0 Å². The van der Waals surface area contributed by atoms with E-state index in [2.05, 4.69) is 5.32 Å². The van der Waals surface area contributed by atoms with Crippen LogP contribution in [-0.4, -0.2) is 18.8 Å². The lowest BCUT2D eigenvalue weighted by Gasteiger charge is -2.10. The molecule has 0 spiro atoms. The smallest absolute Gasteiger partial charge is 0.389 e. The summed E-state index contributed by atoms with van der Waals surface area (Å²) in [5.41, 5.74) is 0.739. The molecule has 0 heterocycles. The Morgan fingerprint density at radius 1 is 1.20 bits per heavy atom. The van der Waals surface area contributed by atoms with Gasteiger partial charge in [-0.25, -0.2) is 4.39 Å². The van der Waals surface area contributed by atoms with Crippen molar-refractivity contribution in [2.45, 2.75) is 44.4 Å². The molecule has 1 aliphatic rings. The van der Waals surface area contributed by atoms with E-state index in [1.165, 1.54) is 12.1 Å². The van der Waals surface area contributed by atoms with E-state index in [4.69, 9.17) is 4.74 Å². The largest absolute Gasteiger partial charge is 0.493 e. The Bertz CT molecular complexity index is 443. The Labute approximate surface area is 115 Å². The summed E-state index contributed by atoms with van der Waals surface area (Å²) in [4.78, 5) is 0. The van der Waals surface area contributed by atoms with Crippen LogP contribution in [0.4, 0.5) is 17.6 Å². The van der Waals surface area contributed by atoms with Gasteiger partial charge < -0.3 is 10.1 Å². The van der Waals surface area contributed by atoms with Gasteiger partial charge in [0.1, 0.15) is 11.6 Å². The molecule has 1 aliphatic carbocycles. The molecule has 1 N–H and O–H groups in total. The van der Waals surface area contributed by atoms with Gasteiger partial charge in [-0.1, -0.05) is 0 Å². The fourth-order valence-corrected chi connectivity index (χ4v) is 1.82. The molecule has 1 aromatic carbocycles. The zero-order chi connectivity index (χ0) is 14.6. The van der Waals surface area contributed by atoms with Crippen molar-refractivity contribution in [3.8, 4) is 5.75 Å². The average Bonchev–Trinajstić information content (AvgIpc) is 3.14. The summed E-state index contributed by atoms with van der Waals surface area (Å²) in [5.74, 6) is -0.161. The summed E-state index contributed by atoms with van der Waals surface area (Å²) >= 11 is 0. The molecule has 0 amide bonds. The summed E-state index contributed by atoms with van der Waals surface area (Å²) in [7, 11) is 0. The van der Waals surface area contributed by atoms with E-state index in [9.17, 15) is 17.6 Å². The van der Waals surface area contributed by atoms with Crippen LogP contribution in [0.2, 0.25) is 0 Å². The molecule has 1 saturated carbocycles. The van der Waals surface area contributed by atoms with Gasteiger partial charge in [0.15, 0.2) is 0 Å². The SMILES string of the molecule is Fc1cc(CNC2CC2)cc(OCCCC(F)(F)F)c1. The zero-order valence-electron chi connectivity index (χ0n) is 11.0. The molecule has 20 heavy (non-hydrogen) atoms. The molecule has 0 aliphatic heterocycles. The molecule has 0 saturated heterocycles. The van der Waals surface area contributed by atoms with Gasteiger partial charge >= 0.3 is 6.18 Å². The topological polar surface area (TPSA) is 21.3 Å². The first kappa shape index (κ1) is 15.1. The maximum Gasteiger partial charge on any atom is 0.389 e. The van der Waals surface area contributed by atoms with Crippen molar-refractivity contribution in [1.29, 1.82) is 0 Å². The van der Waals surface area contributed by atoms with Gasteiger partial charge in [-0.05, 0) is 37.0 Å². The minimum absolute atomic E-state index is 0.0710. The summed E-state index contributed by atoms with van der Waals surface area (Å²) in [6, 6.07) is 4.76. The number of ether oxygens (including phenoxy) is 1. The third kappa shape index (κ3) is 5.77. The van der Waals surface area contributed by atoms with Crippen molar-refractivity contribution < 1.29 is 22.3 Å². The van der Waals surface area contributed by atoms with Crippen molar-refractivity contribution in [2.24, 2.45) is 0 Å². The van der Waals surface area contributed by atoms with Gasteiger partial charge in [0, 0.05) is 25.1 Å². The first-order valence-electron chi connectivity index (χ1n) is 6.65. The lowest BCUT2D eigenvalue weighted by Crippen LogP contribution is -2.15. The van der Waals surface area contributed by atoms with Crippen LogP contribution in [0.1, 0.15) is 31.2 Å². The van der Waals surface area contributed by atoms with Gasteiger partial charge in [0.2, 0.25) is 0 Å². The normalized spacial score (nSPS) is 15.4. The highest BCUT2D eigenvalue weighted by molar-refractivity contribution is 5.29. The van der Waals surface area contributed by atoms with Crippen molar-refractivity contribution in [3.63, 3.8) is 0 Å². The molecule has 6 heteroatoms. The minimum atomic E-state index is -4.18. The van der Waals surface area contributed by atoms with Gasteiger partial charge in [0.05, 0.1) is 6.61 Å². The number of rotatable bonds is 7. The quantitative estimate of drug-likeness (QED) is 0.609.